The summed E-state index contributed by atoms with van der Waals surface area (Å²) >= 11 is 6.19. The Labute approximate surface area is 124 Å². The Morgan fingerprint density at radius 3 is 2.55 bits per heavy atom. The molecule has 3 rings (SSSR count). The second-order valence-corrected chi connectivity index (χ2v) is 6.22. The fraction of sp³-hybridized carbons (Fsp3) is 0.714. The number of carbonyl (C=O) groups excluding carboxylic acids is 1. The summed E-state index contributed by atoms with van der Waals surface area (Å²) in [6, 6.07) is 0. The zero-order chi connectivity index (χ0) is 14.1. The molecule has 2 heterocycles. The van der Waals surface area contributed by atoms with E-state index in [1.165, 1.54) is 6.42 Å². The molecule has 20 heavy (non-hydrogen) atoms. The van der Waals surface area contributed by atoms with Crippen LogP contribution in [0.1, 0.15) is 30.7 Å². The molecule has 0 aromatic carbocycles. The predicted molar refractivity (Wildman–Crippen MR) is 77.5 cm³/mol. The van der Waals surface area contributed by atoms with Crippen LogP contribution in [0.15, 0.2) is 0 Å². The highest BCUT2D eigenvalue weighted by Gasteiger charge is 2.31. The van der Waals surface area contributed by atoms with Crippen molar-refractivity contribution in [1.82, 2.24) is 20.0 Å². The number of aryl methyl sites for hydroxylation is 1. The van der Waals surface area contributed by atoms with Gasteiger partial charge in [-0.1, -0.05) is 18.0 Å². The van der Waals surface area contributed by atoms with Crippen LogP contribution in [0.5, 0.6) is 0 Å². The van der Waals surface area contributed by atoms with Gasteiger partial charge in [-0.25, -0.2) is 0 Å². The highest BCUT2D eigenvalue weighted by molar-refractivity contribution is 6.31. The number of hydrogen-bond donors (Lipinski definition) is 1. The Balaban J connectivity index is 1.51. The van der Waals surface area contributed by atoms with E-state index < -0.39 is 0 Å². The summed E-state index contributed by atoms with van der Waals surface area (Å²) in [5.41, 5.74) is 1.82. The molecule has 0 radical (unpaired) electrons. The molecule has 0 spiro atoms. The van der Waals surface area contributed by atoms with E-state index in [2.05, 4.69) is 15.1 Å². The summed E-state index contributed by atoms with van der Waals surface area (Å²) < 4.78 is 0. The van der Waals surface area contributed by atoms with Gasteiger partial charge in [0.15, 0.2) is 0 Å². The molecule has 1 saturated carbocycles. The number of carbonyl (C=O) groups is 1. The van der Waals surface area contributed by atoms with Crippen molar-refractivity contribution in [3.63, 3.8) is 0 Å². The van der Waals surface area contributed by atoms with E-state index in [0.29, 0.717) is 11.8 Å². The van der Waals surface area contributed by atoms with Crippen LogP contribution in [0.4, 0.5) is 0 Å². The summed E-state index contributed by atoms with van der Waals surface area (Å²) in [6.45, 7) is 6.15. The van der Waals surface area contributed by atoms with Crippen LogP contribution < -0.4 is 0 Å². The van der Waals surface area contributed by atoms with Crippen molar-refractivity contribution in [3.8, 4) is 0 Å². The molecule has 1 amide bonds. The second kappa shape index (κ2) is 5.74. The third-order valence-electron chi connectivity index (χ3n) is 4.45. The highest BCUT2D eigenvalue weighted by atomic mass is 35.5. The monoisotopic (exact) mass is 296 g/mol. The number of aromatic nitrogens is 2. The van der Waals surface area contributed by atoms with Gasteiger partial charge >= 0.3 is 0 Å². The number of nitrogens with zero attached hydrogens (tertiary/aromatic N) is 3. The van der Waals surface area contributed by atoms with Crippen LogP contribution in [-0.2, 0) is 11.3 Å². The molecular formula is C14H21ClN4O. The fourth-order valence-electron chi connectivity index (χ4n) is 2.82. The number of aromatic amines is 1. The van der Waals surface area contributed by atoms with E-state index in [1.807, 2.05) is 11.8 Å². The number of piperazine rings is 1. The average Bonchev–Trinajstić information content (AvgIpc) is 2.69. The number of halogens is 1. The van der Waals surface area contributed by atoms with E-state index >= 15 is 0 Å². The standard InChI is InChI=1S/C14H21ClN4O/c1-10-13(15)12(17-16-10)9-18-5-7-19(8-6-18)14(20)11-3-2-4-11/h11H,2-9H2,1H3,(H,16,17). The summed E-state index contributed by atoms with van der Waals surface area (Å²) in [5, 5.41) is 7.88. The van der Waals surface area contributed by atoms with Gasteiger partial charge in [-0.2, -0.15) is 5.10 Å². The van der Waals surface area contributed by atoms with Crippen LogP contribution in [0.3, 0.4) is 0 Å². The molecule has 1 aliphatic heterocycles. The lowest BCUT2D eigenvalue weighted by atomic mass is 9.84. The Bertz CT molecular complexity index is 489. The molecular weight excluding hydrogens is 276 g/mol. The Morgan fingerprint density at radius 1 is 1.35 bits per heavy atom. The third-order valence-corrected chi connectivity index (χ3v) is 4.95. The maximum atomic E-state index is 12.2. The first-order chi connectivity index (χ1) is 9.65. The van der Waals surface area contributed by atoms with Gasteiger partial charge in [0.05, 0.1) is 16.4 Å². The van der Waals surface area contributed by atoms with Crippen LogP contribution in [-0.4, -0.2) is 52.1 Å². The molecule has 2 fully saturated rings. The van der Waals surface area contributed by atoms with Crippen LogP contribution in [0.2, 0.25) is 5.02 Å². The minimum absolute atomic E-state index is 0.310. The first-order valence-corrected chi connectivity index (χ1v) is 7.73. The van der Waals surface area contributed by atoms with Crippen LogP contribution in [0, 0.1) is 12.8 Å². The normalized spacial score (nSPS) is 21.0. The molecule has 5 nitrogen and oxygen atoms in total. The lowest BCUT2D eigenvalue weighted by molar-refractivity contribution is -0.140. The summed E-state index contributed by atoms with van der Waals surface area (Å²) in [7, 11) is 0. The van der Waals surface area contributed by atoms with E-state index in [4.69, 9.17) is 11.6 Å². The predicted octanol–water partition coefficient (Wildman–Crippen LogP) is 1.82. The number of rotatable bonds is 3. The zero-order valence-electron chi connectivity index (χ0n) is 11.9. The molecule has 0 bridgehead atoms. The van der Waals surface area contributed by atoms with Gasteiger partial charge in [0, 0.05) is 38.6 Å². The molecule has 1 aromatic rings. The van der Waals surface area contributed by atoms with Crippen molar-refractivity contribution < 1.29 is 4.79 Å². The minimum Gasteiger partial charge on any atom is -0.340 e. The van der Waals surface area contributed by atoms with E-state index in [-0.39, 0.29) is 0 Å². The number of H-pyrrole nitrogens is 1. The number of nitrogens with one attached hydrogen (secondary N) is 1. The van der Waals surface area contributed by atoms with Crippen LogP contribution >= 0.6 is 11.6 Å². The molecule has 0 unspecified atom stereocenters. The SMILES string of the molecule is Cc1[nH]nc(CN2CCN(C(=O)C3CCC3)CC2)c1Cl. The summed E-state index contributed by atoms with van der Waals surface area (Å²) in [6.07, 6.45) is 3.38. The maximum Gasteiger partial charge on any atom is 0.225 e. The first-order valence-electron chi connectivity index (χ1n) is 7.35. The molecule has 1 aliphatic carbocycles. The first kappa shape index (κ1) is 13.9. The molecule has 2 aliphatic rings. The third kappa shape index (κ3) is 2.69. The molecule has 110 valence electrons. The topological polar surface area (TPSA) is 52.2 Å². The Kier molecular flexibility index (Phi) is 3.98. The minimum atomic E-state index is 0.310. The molecule has 1 aromatic heterocycles. The summed E-state index contributed by atoms with van der Waals surface area (Å²) in [5.74, 6) is 0.675. The molecule has 0 atom stereocenters. The van der Waals surface area contributed by atoms with Crippen LogP contribution in [0.25, 0.3) is 0 Å². The quantitative estimate of drug-likeness (QED) is 0.925. The zero-order valence-corrected chi connectivity index (χ0v) is 12.6. The number of hydrogen-bond acceptors (Lipinski definition) is 3. The lowest BCUT2D eigenvalue weighted by Gasteiger charge is -2.38. The summed E-state index contributed by atoms with van der Waals surface area (Å²) in [4.78, 5) is 16.5. The molecule has 1 saturated heterocycles. The van der Waals surface area contributed by atoms with Gasteiger partial charge in [0.25, 0.3) is 0 Å². The maximum absolute atomic E-state index is 12.2. The fourth-order valence-corrected chi connectivity index (χ4v) is 2.97. The van der Waals surface area contributed by atoms with Gasteiger partial charge in [0.2, 0.25) is 5.91 Å². The van der Waals surface area contributed by atoms with E-state index in [9.17, 15) is 4.79 Å². The lowest BCUT2D eigenvalue weighted by Crippen LogP contribution is -2.50. The Morgan fingerprint density at radius 2 is 2.05 bits per heavy atom. The van der Waals surface area contributed by atoms with E-state index in [0.717, 1.165) is 62.0 Å². The van der Waals surface area contributed by atoms with Gasteiger partial charge < -0.3 is 4.90 Å². The molecule has 6 heteroatoms. The van der Waals surface area contributed by atoms with Gasteiger partial charge in [-0.3, -0.25) is 14.8 Å². The second-order valence-electron chi connectivity index (χ2n) is 5.84. The van der Waals surface area contributed by atoms with Crippen molar-refractivity contribution in [2.24, 2.45) is 5.92 Å². The smallest absolute Gasteiger partial charge is 0.225 e. The van der Waals surface area contributed by atoms with Crippen molar-refractivity contribution in [3.05, 3.63) is 16.4 Å². The van der Waals surface area contributed by atoms with Crippen molar-refractivity contribution in [2.45, 2.75) is 32.7 Å². The Hall–Kier alpha value is -1.07. The number of amides is 1. The molecule has 1 N–H and O–H groups in total. The van der Waals surface area contributed by atoms with Gasteiger partial charge in [-0.05, 0) is 19.8 Å². The van der Waals surface area contributed by atoms with Gasteiger partial charge in [-0.15, -0.1) is 0 Å². The largest absolute Gasteiger partial charge is 0.340 e. The average molecular weight is 297 g/mol. The van der Waals surface area contributed by atoms with E-state index in [1.54, 1.807) is 0 Å². The van der Waals surface area contributed by atoms with Crippen molar-refractivity contribution in [2.75, 3.05) is 26.2 Å². The highest BCUT2D eigenvalue weighted by Crippen LogP contribution is 2.28. The van der Waals surface area contributed by atoms with Crippen molar-refractivity contribution in [1.29, 1.82) is 0 Å². The van der Waals surface area contributed by atoms with Gasteiger partial charge in [0.1, 0.15) is 0 Å². The van der Waals surface area contributed by atoms with Crippen molar-refractivity contribution >= 4 is 17.5 Å².